The van der Waals surface area contributed by atoms with Crippen molar-refractivity contribution < 1.29 is 8.91 Å². The number of hydrogen-bond acceptors (Lipinski definition) is 5. The average molecular weight is 270 g/mol. The number of aromatic nitrogens is 3. The molecule has 2 heterocycles. The van der Waals surface area contributed by atoms with Gasteiger partial charge in [0.1, 0.15) is 11.5 Å². The van der Waals surface area contributed by atoms with E-state index in [0.29, 0.717) is 17.1 Å². The number of hydrogen-bond donors (Lipinski definition) is 1. The minimum atomic E-state index is -0.518. The van der Waals surface area contributed by atoms with E-state index < -0.39 is 5.82 Å². The van der Waals surface area contributed by atoms with E-state index in [1.807, 2.05) is 19.1 Å². The molecule has 2 N–H and O–H groups in total. The normalized spacial score (nSPS) is 10.7. The highest BCUT2D eigenvalue weighted by molar-refractivity contribution is 5.60. The highest BCUT2D eigenvalue weighted by atomic mass is 19.1. The molecule has 100 valence electrons. The lowest BCUT2D eigenvalue weighted by atomic mass is 10.2. The van der Waals surface area contributed by atoms with Crippen molar-refractivity contribution in [1.29, 1.82) is 0 Å². The molecule has 0 aliphatic carbocycles. The van der Waals surface area contributed by atoms with Crippen molar-refractivity contribution in [3.8, 4) is 23.0 Å². The lowest BCUT2D eigenvalue weighted by Crippen LogP contribution is -1.90. The van der Waals surface area contributed by atoms with Gasteiger partial charge in [0.15, 0.2) is 0 Å². The van der Waals surface area contributed by atoms with Crippen molar-refractivity contribution in [2.45, 2.75) is 6.92 Å². The molecule has 3 rings (SSSR count). The predicted molar refractivity (Wildman–Crippen MR) is 72.1 cm³/mol. The second kappa shape index (κ2) is 4.73. The standard InChI is InChI=1S/C14H11FN4O/c1-8-4-5-17-12(6-8)13-18-14(20-19-13)9-2-3-11(16)10(15)7-9/h2-7H,16H2,1H3. The van der Waals surface area contributed by atoms with E-state index in [2.05, 4.69) is 15.1 Å². The van der Waals surface area contributed by atoms with Gasteiger partial charge < -0.3 is 10.3 Å². The van der Waals surface area contributed by atoms with E-state index in [4.69, 9.17) is 10.3 Å². The van der Waals surface area contributed by atoms with Crippen LogP contribution in [0.5, 0.6) is 0 Å². The van der Waals surface area contributed by atoms with Gasteiger partial charge in [0.25, 0.3) is 5.89 Å². The SMILES string of the molecule is Cc1ccnc(-c2noc(-c3ccc(N)c(F)c3)n2)c1. The van der Waals surface area contributed by atoms with E-state index >= 15 is 0 Å². The molecule has 6 heteroatoms. The molecule has 0 fully saturated rings. The molecule has 20 heavy (non-hydrogen) atoms. The maximum Gasteiger partial charge on any atom is 0.258 e. The summed E-state index contributed by atoms with van der Waals surface area (Å²) in [5.41, 5.74) is 7.63. The molecule has 0 bridgehead atoms. The Morgan fingerprint density at radius 3 is 2.80 bits per heavy atom. The van der Waals surface area contributed by atoms with Crippen molar-refractivity contribution in [2.75, 3.05) is 5.73 Å². The van der Waals surface area contributed by atoms with Gasteiger partial charge in [0, 0.05) is 11.8 Å². The molecular formula is C14H11FN4O. The Kier molecular flexibility index (Phi) is 2.90. The summed E-state index contributed by atoms with van der Waals surface area (Å²) < 4.78 is 18.6. The first kappa shape index (κ1) is 12.3. The number of nitrogens with zero attached hydrogens (tertiary/aromatic N) is 3. The Hall–Kier alpha value is -2.76. The molecule has 0 aliphatic heterocycles. The minimum Gasteiger partial charge on any atom is -0.396 e. The molecule has 5 nitrogen and oxygen atoms in total. The van der Waals surface area contributed by atoms with Gasteiger partial charge in [-0.05, 0) is 42.8 Å². The van der Waals surface area contributed by atoms with E-state index in [1.54, 1.807) is 12.3 Å². The first-order valence-electron chi connectivity index (χ1n) is 5.95. The summed E-state index contributed by atoms with van der Waals surface area (Å²) in [5, 5.41) is 3.85. The van der Waals surface area contributed by atoms with Crippen LogP contribution in [0, 0.1) is 12.7 Å². The molecule has 0 unspecified atom stereocenters. The third kappa shape index (κ3) is 2.23. The molecule has 1 aromatic carbocycles. The van der Waals surface area contributed by atoms with Crippen molar-refractivity contribution in [2.24, 2.45) is 0 Å². The summed E-state index contributed by atoms with van der Waals surface area (Å²) >= 11 is 0. The lowest BCUT2D eigenvalue weighted by molar-refractivity contribution is 0.432. The Bertz CT molecular complexity index is 769. The molecule has 0 aliphatic rings. The Morgan fingerprint density at radius 1 is 1.20 bits per heavy atom. The van der Waals surface area contributed by atoms with Crippen LogP contribution in [-0.4, -0.2) is 15.1 Å². The van der Waals surface area contributed by atoms with Gasteiger partial charge in [0.2, 0.25) is 5.82 Å². The van der Waals surface area contributed by atoms with Gasteiger partial charge in [-0.2, -0.15) is 4.98 Å². The maximum atomic E-state index is 13.4. The number of nitrogen functional groups attached to an aromatic ring is 1. The number of halogens is 1. The molecule has 2 aromatic heterocycles. The molecule has 0 saturated carbocycles. The van der Waals surface area contributed by atoms with Crippen LogP contribution in [-0.2, 0) is 0 Å². The van der Waals surface area contributed by atoms with E-state index in [-0.39, 0.29) is 11.6 Å². The fraction of sp³-hybridized carbons (Fsp3) is 0.0714. The number of benzene rings is 1. The van der Waals surface area contributed by atoms with Gasteiger partial charge in [-0.15, -0.1) is 0 Å². The summed E-state index contributed by atoms with van der Waals surface area (Å²) in [6, 6.07) is 8.06. The number of pyridine rings is 1. The third-order valence-electron chi connectivity index (χ3n) is 2.82. The zero-order valence-corrected chi connectivity index (χ0v) is 10.7. The van der Waals surface area contributed by atoms with Crippen LogP contribution >= 0.6 is 0 Å². The second-order valence-electron chi connectivity index (χ2n) is 4.38. The van der Waals surface area contributed by atoms with Crippen LogP contribution < -0.4 is 5.73 Å². The lowest BCUT2D eigenvalue weighted by Gasteiger charge is -1.97. The zero-order valence-electron chi connectivity index (χ0n) is 10.7. The molecule has 0 amide bonds. The Morgan fingerprint density at radius 2 is 2.05 bits per heavy atom. The topological polar surface area (TPSA) is 77.8 Å². The monoisotopic (exact) mass is 270 g/mol. The van der Waals surface area contributed by atoms with Crippen molar-refractivity contribution in [1.82, 2.24) is 15.1 Å². The smallest absolute Gasteiger partial charge is 0.258 e. The van der Waals surface area contributed by atoms with Crippen LogP contribution in [0.1, 0.15) is 5.56 Å². The number of rotatable bonds is 2. The van der Waals surface area contributed by atoms with Crippen LogP contribution in [0.25, 0.3) is 23.0 Å². The fourth-order valence-electron chi connectivity index (χ4n) is 1.76. The van der Waals surface area contributed by atoms with Crippen LogP contribution in [0.3, 0.4) is 0 Å². The van der Waals surface area contributed by atoms with E-state index in [0.717, 1.165) is 5.56 Å². The van der Waals surface area contributed by atoms with Gasteiger partial charge in [-0.3, -0.25) is 4.98 Å². The molecule has 0 atom stereocenters. The Balaban J connectivity index is 1.99. The predicted octanol–water partition coefficient (Wildman–Crippen LogP) is 2.83. The first-order chi connectivity index (χ1) is 9.63. The summed E-state index contributed by atoms with van der Waals surface area (Å²) in [6.45, 7) is 1.95. The molecule has 0 radical (unpaired) electrons. The van der Waals surface area contributed by atoms with Gasteiger partial charge in [-0.1, -0.05) is 5.16 Å². The van der Waals surface area contributed by atoms with Crippen molar-refractivity contribution >= 4 is 5.69 Å². The van der Waals surface area contributed by atoms with Crippen LogP contribution in [0.4, 0.5) is 10.1 Å². The largest absolute Gasteiger partial charge is 0.396 e. The highest BCUT2D eigenvalue weighted by Crippen LogP contribution is 2.23. The number of anilines is 1. The summed E-state index contributed by atoms with van der Waals surface area (Å²) in [6.07, 6.45) is 1.67. The number of aryl methyl sites for hydroxylation is 1. The maximum absolute atomic E-state index is 13.4. The van der Waals surface area contributed by atoms with Crippen LogP contribution in [0.15, 0.2) is 41.1 Å². The zero-order chi connectivity index (χ0) is 14.1. The molecule has 0 saturated heterocycles. The van der Waals surface area contributed by atoms with Gasteiger partial charge >= 0.3 is 0 Å². The third-order valence-corrected chi connectivity index (χ3v) is 2.82. The van der Waals surface area contributed by atoms with Crippen LogP contribution in [0.2, 0.25) is 0 Å². The molecule has 3 aromatic rings. The van der Waals surface area contributed by atoms with E-state index in [9.17, 15) is 4.39 Å². The first-order valence-corrected chi connectivity index (χ1v) is 5.95. The van der Waals surface area contributed by atoms with E-state index in [1.165, 1.54) is 12.1 Å². The quantitative estimate of drug-likeness (QED) is 0.724. The Labute approximate surface area is 114 Å². The summed E-state index contributed by atoms with van der Waals surface area (Å²) in [5.74, 6) is 0.0686. The van der Waals surface area contributed by atoms with Crippen molar-refractivity contribution in [3.05, 3.63) is 47.9 Å². The highest BCUT2D eigenvalue weighted by Gasteiger charge is 2.13. The summed E-state index contributed by atoms with van der Waals surface area (Å²) in [7, 11) is 0. The van der Waals surface area contributed by atoms with Gasteiger partial charge in [0.05, 0.1) is 5.69 Å². The molecular weight excluding hydrogens is 259 g/mol. The fourth-order valence-corrected chi connectivity index (χ4v) is 1.76. The number of nitrogens with two attached hydrogens (primary N) is 1. The molecule has 0 spiro atoms. The minimum absolute atomic E-state index is 0.0776. The second-order valence-corrected chi connectivity index (χ2v) is 4.38. The van der Waals surface area contributed by atoms with Gasteiger partial charge in [-0.25, -0.2) is 4.39 Å². The van der Waals surface area contributed by atoms with Crippen molar-refractivity contribution in [3.63, 3.8) is 0 Å². The summed E-state index contributed by atoms with van der Waals surface area (Å²) in [4.78, 5) is 8.38. The average Bonchev–Trinajstić information content (AvgIpc) is 2.92.